The highest BCUT2D eigenvalue weighted by atomic mass is 35.5. The number of phenols is 1. The number of benzene rings is 5. The number of halogens is 2. The van der Waals surface area contributed by atoms with Gasteiger partial charge in [0.1, 0.15) is 11.6 Å². The zero-order chi connectivity index (χ0) is 40.6. The van der Waals surface area contributed by atoms with Crippen LogP contribution in [0.5, 0.6) is 5.75 Å². The number of nitrogens with one attached hydrogen (secondary N) is 1. The fraction of sp³-hybridized carbons (Fsp3) is 0.292. The number of amides is 4. The number of fused-ring (bicyclic) bond motifs is 5. The van der Waals surface area contributed by atoms with Crippen molar-refractivity contribution in [1.82, 2.24) is 14.8 Å². The van der Waals surface area contributed by atoms with Gasteiger partial charge < -0.3 is 5.11 Å². The molecule has 11 heteroatoms. The number of carbonyl (C=O) groups excluding carboxylic acids is 4. The maximum absolute atomic E-state index is 15.5. The molecule has 9 nitrogen and oxygen atoms in total. The van der Waals surface area contributed by atoms with Crippen molar-refractivity contribution < 1.29 is 28.7 Å². The molecule has 2 aliphatic carbocycles. The number of allylic oxidation sites excluding steroid dienone is 2. The maximum Gasteiger partial charge on any atom is 0.260 e. The Balaban J connectivity index is 1.07. The Labute approximate surface area is 346 Å². The van der Waals surface area contributed by atoms with Gasteiger partial charge in [-0.2, -0.15) is 5.01 Å². The third-order valence-electron chi connectivity index (χ3n) is 13.7. The molecule has 0 radical (unpaired) electrons. The van der Waals surface area contributed by atoms with E-state index in [1.54, 1.807) is 24.3 Å². The van der Waals surface area contributed by atoms with Crippen LogP contribution in [0.2, 0.25) is 5.02 Å². The van der Waals surface area contributed by atoms with Gasteiger partial charge in [-0.25, -0.2) is 4.39 Å². The fourth-order valence-electron chi connectivity index (χ4n) is 11.1. The summed E-state index contributed by atoms with van der Waals surface area (Å²) in [6.45, 7) is 2.30. The summed E-state index contributed by atoms with van der Waals surface area (Å²) >= 11 is 6.44. The molecule has 3 aliphatic heterocycles. The molecule has 0 bridgehead atoms. The number of hydrogen-bond donors (Lipinski definition) is 2. The van der Waals surface area contributed by atoms with Gasteiger partial charge in [0.2, 0.25) is 11.8 Å². The highest BCUT2D eigenvalue weighted by Gasteiger charge is 2.71. The smallest absolute Gasteiger partial charge is 0.260 e. The van der Waals surface area contributed by atoms with Crippen LogP contribution in [0.1, 0.15) is 48.3 Å². The third-order valence-corrected chi connectivity index (χ3v) is 14.0. The van der Waals surface area contributed by atoms with Gasteiger partial charge in [0, 0.05) is 47.6 Å². The maximum atomic E-state index is 15.5. The first-order valence-electron chi connectivity index (χ1n) is 20.4. The van der Waals surface area contributed by atoms with E-state index in [2.05, 4.69) is 22.5 Å². The van der Waals surface area contributed by atoms with E-state index in [1.165, 1.54) is 34.7 Å². The molecule has 5 aromatic carbocycles. The summed E-state index contributed by atoms with van der Waals surface area (Å²) in [5.41, 5.74) is 4.68. The van der Waals surface area contributed by atoms with Crippen LogP contribution in [0, 0.1) is 29.5 Å². The largest absolute Gasteiger partial charge is 0.507 e. The number of rotatable bonds is 7. The summed E-state index contributed by atoms with van der Waals surface area (Å²) in [4.78, 5) is 63.8. The molecular weight excluding hydrogens is 767 g/mol. The van der Waals surface area contributed by atoms with E-state index in [0.29, 0.717) is 40.1 Å². The Hall–Kier alpha value is -5.84. The molecule has 1 saturated carbocycles. The number of imide groups is 2. The highest BCUT2D eigenvalue weighted by molar-refractivity contribution is 6.30. The summed E-state index contributed by atoms with van der Waals surface area (Å²) in [7, 11) is 0. The van der Waals surface area contributed by atoms with E-state index >= 15 is 9.59 Å². The predicted molar refractivity (Wildman–Crippen MR) is 221 cm³/mol. The van der Waals surface area contributed by atoms with Crippen molar-refractivity contribution in [2.24, 2.45) is 23.7 Å². The Kier molecular flexibility index (Phi) is 9.18. The molecule has 10 rings (SSSR count). The SMILES string of the molecule is O=C1C2CC3C(=CCC4C(=O)N(C5CCN(Cc6ccccc6)CC5)C(=O)C43)C(c3ccc4ccccc4c3O)C2(c2ccc(Cl)cc2)C(=O)N1Nc1ccc(F)cc1. The Bertz CT molecular complexity index is 2540. The number of aromatic hydroxyl groups is 1. The lowest BCUT2D eigenvalue weighted by Gasteiger charge is -2.50. The first-order valence-corrected chi connectivity index (χ1v) is 20.7. The predicted octanol–water partition coefficient (Wildman–Crippen LogP) is 7.99. The van der Waals surface area contributed by atoms with Crippen molar-refractivity contribution in [3.05, 3.63) is 154 Å². The number of anilines is 1. The number of phenolic OH excluding ortho intramolecular Hbond substituents is 1. The van der Waals surface area contributed by atoms with Gasteiger partial charge in [-0.1, -0.05) is 102 Å². The van der Waals surface area contributed by atoms with Crippen molar-refractivity contribution in [3.8, 4) is 5.75 Å². The second kappa shape index (κ2) is 14.5. The normalized spacial score (nSPS) is 27.2. The first-order chi connectivity index (χ1) is 28.6. The van der Waals surface area contributed by atoms with Gasteiger partial charge in [-0.3, -0.25) is 34.4 Å². The Morgan fingerprint density at radius 1 is 0.780 bits per heavy atom. The average molecular weight is 809 g/mol. The van der Waals surface area contributed by atoms with E-state index in [4.69, 9.17) is 11.6 Å². The van der Waals surface area contributed by atoms with Crippen LogP contribution in [0.25, 0.3) is 10.8 Å². The Morgan fingerprint density at radius 3 is 2.24 bits per heavy atom. The number of piperidine rings is 1. The lowest BCUT2D eigenvalue weighted by molar-refractivity contribution is -0.144. The number of hydrogen-bond acceptors (Lipinski definition) is 7. The minimum atomic E-state index is -1.60. The van der Waals surface area contributed by atoms with E-state index in [1.807, 2.05) is 60.7 Å². The summed E-state index contributed by atoms with van der Waals surface area (Å²) < 4.78 is 14.0. The van der Waals surface area contributed by atoms with E-state index in [9.17, 15) is 19.1 Å². The van der Waals surface area contributed by atoms with Crippen molar-refractivity contribution >= 4 is 51.7 Å². The quantitative estimate of drug-likeness (QED) is 0.127. The Morgan fingerprint density at radius 2 is 1.49 bits per heavy atom. The second-order valence-corrected chi connectivity index (χ2v) is 17.1. The third kappa shape index (κ3) is 5.90. The van der Waals surface area contributed by atoms with Crippen molar-refractivity contribution in [2.75, 3.05) is 18.5 Å². The summed E-state index contributed by atoms with van der Waals surface area (Å²) in [6.07, 6.45) is 3.75. The molecule has 6 atom stereocenters. The van der Waals surface area contributed by atoms with Gasteiger partial charge in [-0.15, -0.1) is 0 Å². The zero-order valence-electron chi connectivity index (χ0n) is 32.1. The molecule has 2 N–H and O–H groups in total. The molecule has 5 aromatic rings. The van der Waals surface area contributed by atoms with Crippen molar-refractivity contribution in [2.45, 2.75) is 49.6 Å². The molecule has 4 amide bonds. The topological polar surface area (TPSA) is 110 Å². The molecule has 0 aromatic heterocycles. The van der Waals surface area contributed by atoms with Crippen LogP contribution >= 0.6 is 11.6 Å². The average Bonchev–Trinajstić information content (AvgIpc) is 3.63. The molecule has 298 valence electrons. The number of likely N-dealkylation sites (tertiary alicyclic amines) is 2. The first kappa shape index (κ1) is 37.4. The second-order valence-electron chi connectivity index (χ2n) is 16.6. The van der Waals surface area contributed by atoms with Gasteiger partial charge >= 0.3 is 0 Å². The van der Waals surface area contributed by atoms with Crippen LogP contribution in [0.4, 0.5) is 10.1 Å². The molecule has 59 heavy (non-hydrogen) atoms. The van der Waals surface area contributed by atoms with Crippen LogP contribution in [0.3, 0.4) is 0 Å². The van der Waals surface area contributed by atoms with Crippen LogP contribution < -0.4 is 5.43 Å². The summed E-state index contributed by atoms with van der Waals surface area (Å²) in [5.74, 6) is -5.79. The number of carbonyl (C=O) groups is 4. The molecule has 3 saturated heterocycles. The van der Waals surface area contributed by atoms with Gasteiger partial charge in [0.25, 0.3) is 11.8 Å². The van der Waals surface area contributed by atoms with Gasteiger partial charge in [0.05, 0.1) is 28.9 Å². The van der Waals surface area contributed by atoms with Gasteiger partial charge in [0.15, 0.2) is 0 Å². The van der Waals surface area contributed by atoms with Crippen molar-refractivity contribution in [1.29, 1.82) is 0 Å². The summed E-state index contributed by atoms with van der Waals surface area (Å²) in [5, 5.41) is 15.1. The lowest BCUT2D eigenvalue weighted by Crippen LogP contribution is -2.53. The van der Waals surface area contributed by atoms with Crippen LogP contribution in [0.15, 0.2) is 127 Å². The summed E-state index contributed by atoms with van der Waals surface area (Å²) in [6, 6.07) is 33.5. The van der Waals surface area contributed by atoms with Gasteiger partial charge in [-0.05, 0) is 84.5 Å². The molecule has 4 fully saturated rings. The molecular formula is C48H42ClFN4O5. The molecule has 5 aliphatic rings. The van der Waals surface area contributed by atoms with E-state index in [0.717, 1.165) is 35.6 Å². The fourth-order valence-corrected chi connectivity index (χ4v) is 11.2. The molecule has 6 unspecified atom stereocenters. The minimum Gasteiger partial charge on any atom is -0.507 e. The number of nitrogens with zero attached hydrogens (tertiary/aromatic N) is 3. The van der Waals surface area contributed by atoms with Crippen LogP contribution in [-0.4, -0.2) is 62.7 Å². The molecule has 0 spiro atoms. The standard InChI is InChI=1S/C48H42ClFN4O5/c49-31-13-11-30(12-14-31)48-40(45(57)54(47(48)59)51-33-17-15-32(50)16-18-33)26-39-36(42(48)38-19-10-29-8-4-5-9-35(29)43(38)55)20-21-37-41(39)46(58)53(44(37)56)34-22-24-52(25-23-34)27-28-6-2-1-3-7-28/h1-20,34,37,39-42,51,55H,21-27H2. The van der Waals surface area contributed by atoms with E-state index < -0.39 is 52.6 Å². The highest BCUT2D eigenvalue weighted by Crippen LogP contribution is 2.65. The molecule has 3 heterocycles. The lowest BCUT2D eigenvalue weighted by atomic mass is 9.49. The number of hydrazine groups is 1. The van der Waals surface area contributed by atoms with Crippen LogP contribution in [-0.2, 0) is 31.1 Å². The van der Waals surface area contributed by atoms with Crippen molar-refractivity contribution in [3.63, 3.8) is 0 Å². The van der Waals surface area contributed by atoms with E-state index in [-0.39, 0.29) is 36.4 Å². The monoisotopic (exact) mass is 808 g/mol. The zero-order valence-corrected chi connectivity index (χ0v) is 32.9. The minimum absolute atomic E-state index is 0.0215.